The highest BCUT2D eigenvalue weighted by atomic mass is 16.6. The average molecular weight is 187 g/mol. The van der Waals surface area contributed by atoms with Crippen LogP contribution in [0.3, 0.4) is 0 Å². The van der Waals surface area contributed by atoms with Crippen LogP contribution in [0.1, 0.15) is 13.3 Å². The molecule has 0 aromatic rings. The molecule has 1 amide bonds. The van der Waals surface area contributed by atoms with Gasteiger partial charge in [-0.05, 0) is 13.0 Å². The first-order valence-corrected chi connectivity index (χ1v) is 4.12. The Morgan fingerprint density at radius 3 is 2.62 bits per heavy atom. The van der Waals surface area contributed by atoms with Gasteiger partial charge in [-0.15, -0.1) is 0 Å². The lowest BCUT2D eigenvalue weighted by molar-refractivity contribution is 0.110. The molecule has 0 saturated heterocycles. The maximum Gasteiger partial charge on any atom is 0.407 e. The minimum absolute atomic E-state index is 0.174. The summed E-state index contributed by atoms with van der Waals surface area (Å²) in [5, 5.41) is 5.14. The lowest BCUT2D eigenvalue weighted by Gasteiger charge is -2.10. The molecule has 0 aromatic carbocycles. The van der Waals surface area contributed by atoms with E-state index in [2.05, 4.69) is 10.6 Å². The molecule has 0 aliphatic carbocycles. The van der Waals surface area contributed by atoms with Gasteiger partial charge in [0, 0.05) is 20.5 Å². The predicted octanol–water partition coefficient (Wildman–Crippen LogP) is 0.141. The van der Waals surface area contributed by atoms with Gasteiger partial charge >= 0.3 is 6.09 Å². The molecule has 1 unspecified atom stereocenters. The van der Waals surface area contributed by atoms with Gasteiger partial charge in [-0.25, -0.2) is 4.79 Å². The third-order valence-corrected chi connectivity index (χ3v) is 1.47. The van der Waals surface area contributed by atoms with Crippen LogP contribution in [0.25, 0.3) is 0 Å². The van der Waals surface area contributed by atoms with Crippen LogP contribution in [0.2, 0.25) is 0 Å². The third-order valence-electron chi connectivity index (χ3n) is 1.47. The van der Waals surface area contributed by atoms with E-state index in [0.29, 0.717) is 12.2 Å². The maximum absolute atomic E-state index is 10.7. The second kappa shape index (κ2) is 6.16. The molecule has 0 saturated carbocycles. The van der Waals surface area contributed by atoms with E-state index < -0.39 is 6.09 Å². The quantitative estimate of drug-likeness (QED) is 0.585. The lowest BCUT2D eigenvalue weighted by Crippen LogP contribution is -2.24. The summed E-state index contributed by atoms with van der Waals surface area (Å²) in [5.41, 5.74) is 5.48. The fourth-order valence-electron chi connectivity index (χ4n) is 0.685. The Morgan fingerprint density at radius 2 is 2.15 bits per heavy atom. The van der Waals surface area contributed by atoms with Gasteiger partial charge in [-0.2, -0.15) is 0 Å². The van der Waals surface area contributed by atoms with Crippen molar-refractivity contribution < 1.29 is 9.53 Å². The Bertz CT molecular complexity index is 192. The maximum atomic E-state index is 10.7. The topological polar surface area (TPSA) is 76.4 Å². The zero-order chi connectivity index (χ0) is 10.3. The smallest absolute Gasteiger partial charge is 0.407 e. The number of rotatable bonds is 4. The monoisotopic (exact) mass is 187 g/mol. The van der Waals surface area contributed by atoms with E-state index in [1.807, 2.05) is 0 Å². The zero-order valence-corrected chi connectivity index (χ0v) is 8.26. The van der Waals surface area contributed by atoms with Crippen molar-refractivity contribution in [3.8, 4) is 0 Å². The molecule has 5 nitrogen and oxygen atoms in total. The molecule has 0 radical (unpaired) electrons. The van der Waals surface area contributed by atoms with E-state index >= 15 is 0 Å². The molecule has 76 valence electrons. The van der Waals surface area contributed by atoms with Crippen LogP contribution in [-0.4, -0.2) is 26.3 Å². The molecule has 0 spiro atoms. The minimum Gasteiger partial charge on any atom is -0.446 e. The SMILES string of the molecule is CNC(=O)OC(C)C/C=C(/N)NC. The van der Waals surface area contributed by atoms with Gasteiger partial charge in [-0.3, -0.25) is 0 Å². The number of alkyl carbamates (subject to hydrolysis) is 1. The van der Waals surface area contributed by atoms with Crippen LogP contribution >= 0.6 is 0 Å². The van der Waals surface area contributed by atoms with Crippen molar-refractivity contribution in [1.82, 2.24) is 10.6 Å². The molecule has 0 fully saturated rings. The summed E-state index contributed by atoms with van der Waals surface area (Å²) in [5.74, 6) is 0.576. The van der Waals surface area contributed by atoms with E-state index in [4.69, 9.17) is 10.5 Å². The van der Waals surface area contributed by atoms with Gasteiger partial charge in [0.25, 0.3) is 0 Å². The minimum atomic E-state index is -0.427. The number of carbonyl (C=O) groups excluding carboxylic acids is 1. The number of nitrogens with two attached hydrogens (primary N) is 1. The summed E-state index contributed by atoms with van der Waals surface area (Å²) in [6, 6.07) is 0. The molecule has 0 aliphatic rings. The van der Waals surface area contributed by atoms with Gasteiger partial charge in [-0.1, -0.05) is 0 Å². The van der Waals surface area contributed by atoms with Crippen molar-refractivity contribution in [3.63, 3.8) is 0 Å². The van der Waals surface area contributed by atoms with Crippen molar-refractivity contribution in [2.45, 2.75) is 19.4 Å². The van der Waals surface area contributed by atoms with Crippen molar-refractivity contribution in [2.75, 3.05) is 14.1 Å². The Hall–Kier alpha value is -1.39. The van der Waals surface area contributed by atoms with Crippen LogP contribution < -0.4 is 16.4 Å². The molecule has 0 heterocycles. The summed E-state index contributed by atoms with van der Waals surface area (Å²) in [6.45, 7) is 1.80. The summed E-state index contributed by atoms with van der Waals surface area (Å²) >= 11 is 0. The number of hydrogen-bond donors (Lipinski definition) is 3. The molecule has 0 aliphatic heterocycles. The number of ether oxygens (including phenoxy) is 1. The van der Waals surface area contributed by atoms with Crippen molar-refractivity contribution in [2.24, 2.45) is 5.73 Å². The van der Waals surface area contributed by atoms with Crippen LogP contribution in [0.5, 0.6) is 0 Å². The molecule has 0 bridgehead atoms. The van der Waals surface area contributed by atoms with Crippen LogP contribution in [0, 0.1) is 0 Å². The highest BCUT2D eigenvalue weighted by Gasteiger charge is 2.05. The second-order valence-electron chi connectivity index (χ2n) is 2.61. The first kappa shape index (κ1) is 11.6. The molecule has 13 heavy (non-hydrogen) atoms. The molecular formula is C8H17N3O2. The van der Waals surface area contributed by atoms with Crippen LogP contribution in [-0.2, 0) is 4.74 Å². The van der Waals surface area contributed by atoms with Crippen molar-refractivity contribution in [3.05, 3.63) is 11.9 Å². The standard InChI is InChI=1S/C8H17N3O2/c1-6(13-8(12)11-3)4-5-7(9)10-2/h5-6,10H,4,9H2,1-3H3,(H,11,12)/b7-5-. The fourth-order valence-corrected chi connectivity index (χ4v) is 0.685. The van der Waals surface area contributed by atoms with Crippen LogP contribution in [0.15, 0.2) is 11.9 Å². The van der Waals surface area contributed by atoms with E-state index in [1.165, 1.54) is 7.05 Å². The Labute approximate surface area is 78.3 Å². The van der Waals surface area contributed by atoms with Gasteiger partial charge < -0.3 is 21.1 Å². The van der Waals surface area contributed by atoms with Crippen LogP contribution in [0.4, 0.5) is 4.79 Å². The third kappa shape index (κ3) is 5.84. The molecule has 5 heteroatoms. The van der Waals surface area contributed by atoms with E-state index in [0.717, 1.165) is 0 Å². The molecule has 4 N–H and O–H groups in total. The Balaban J connectivity index is 3.74. The largest absolute Gasteiger partial charge is 0.446 e. The molecular weight excluding hydrogens is 170 g/mol. The lowest BCUT2D eigenvalue weighted by atomic mass is 10.3. The Morgan fingerprint density at radius 1 is 1.54 bits per heavy atom. The first-order chi connectivity index (χ1) is 6.10. The van der Waals surface area contributed by atoms with E-state index in [1.54, 1.807) is 20.0 Å². The second-order valence-corrected chi connectivity index (χ2v) is 2.61. The van der Waals surface area contributed by atoms with Gasteiger partial charge in [0.1, 0.15) is 6.10 Å². The highest BCUT2D eigenvalue weighted by molar-refractivity contribution is 5.66. The number of hydrogen-bond acceptors (Lipinski definition) is 4. The molecule has 0 rings (SSSR count). The number of carbonyl (C=O) groups is 1. The van der Waals surface area contributed by atoms with Gasteiger partial charge in [0.2, 0.25) is 0 Å². The van der Waals surface area contributed by atoms with Gasteiger partial charge in [0.15, 0.2) is 0 Å². The predicted molar refractivity (Wildman–Crippen MR) is 50.9 cm³/mol. The normalized spacial score (nSPS) is 13.3. The highest BCUT2D eigenvalue weighted by Crippen LogP contribution is 1.99. The van der Waals surface area contributed by atoms with E-state index in [-0.39, 0.29) is 6.10 Å². The van der Waals surface area contributed by atoms with Gasteiger partial charge in [0.05, 0.1) is 5.82 Å². The fraction of sp³-hybridized carbons (Fsp3) is 0.625. The molecule has 1 atom stereocenters. The summed E-state index contributed by atoms with van der Waals surface area (Å²) < 4.78 is 4.92. The summed E-state index contributed by atoms with van der Waals surface area (Å²) in [4.78, 5) is 10.7. The first-order valence-electron chi connectivity index (χ1n) is 4.12. The summed E-state index contributed by atoms with van der Waals surface area (Å²) in [6.07, 6.45) is 1.77. The zero-order valence-electron chi connectivity index (χ0n) is 8.26. The number of nitrogens with one attached hydrogen (secondary N) is 2. The van der Waals surface area contributed by atoms with Crippen molar-refractivity contribution in [1.29, 1.82) is 0 Å². The average Bonchev–Trinajstić information content (AvgIpc) is 2.13. The van der Waals surface area contributed by atoms with E-state index in [9.17, 15) is 4.79 Å². The Kier molecular flexibility index (Phi) is 5.50. The number of amides is 1. The molecule has 0 aromatic heterocycles. The summed E-state index contributed by atoms with van der Waals surface area (Å²) in [7, 11) is 3.25. The van der Waals surface area contributed by atoms with Crippen molar-refractivity contribution >= 4 is 6.09 Å².